The first-order valence-electron chi connectivity index (χ1n) is 9.34. The Labute approximate surface area is 156 Å². The zero-order chi connectivity index (χ0) is 18.7. The second kappa shape index (κ2) is 7.92. The second-order valence-corrected chi connectivity index (χ2v) is 7.41. The van der Waals surface area contributed by atoms with Crippen molar-refractivity contribution in [3.63, 3.8) is 0 Å². The summed E-state index contributed by atoms with van der Waals surface area (Å²) < 4.78 is 0. The Bertz CT molecular complexity index is 772. The Morgan fingerprint density at radius 2 is 1.62 bits per heavy atom. The van der Waals surface area contributed by atoms with E-state index in [0.717, 1.165) is 31.9 Å². The highest BCUT2D eigenvalue weighted by atomic mass is 16.2. The van der Waals surface area contributed by atoms with Crippen LogP contribution < -0.4 is 10.2 Å². The summed E-state index contributed by atoms with van der Waals surface area (Å²) in [6, 6.07) is 12.6. The highest BCUT2D eigenvalue weighted by Crippen LogP contribution is 2.23. The smallest absolute Gasteiger partial charge is 0.238 e. The van der Waals surface area contributed by atoms with Gasteiger partial charge < -0.3 is 10.2 Å². The predicted molar refractivity (Wildman–Crippen MR) is 109 cm³/mol. The lowest BCUT2D eigenvalue weighted by Gasteiger charge is -2.36. The van der Waals surface area contributed by atoms with Gasteiger partial charge in [-0.05, 0) is 68.1 Å². The van der Waals surface area contributed by atoms with Crippen molar-refractivity contribution in [2.24, 2.45) is 0 Å². The summed E-state index contributed by atoms with van der Waals surface area (Å²) in [6.45, 7) is 12.6. The SMILES string of the molecule is Cc1cc(C)cc(NC(=O)CN2CCN(c3cccc(C)c3C)CC2)c1. The van der Waals surface area contributed by atoms with Gasteiger partial charge in [-0.2, -0.15) is 0 Å². The number of hydrogen-bond acceptors (Lipinski definition) is 3. The molecule has 26 heavy (non-hydrogen) atoms. The van der Waals surface area contributed by atoms with Crippen LogP contribution in [0.25, 0.3) is 0 Å². The fourth-order valence-electron chi connectivity index (χ4n) is 3.68. The maximum Gasteiger partial charge on any atom is 0.238 e. The Morgan fingerprint density at radius 1 is 0.962 bits per heavy atom. The zero-order valence-corrected chi connectivity index (χ0v) is 16.3. The van der Waals surface area contributed by atoms with E-state index in [1.54, 1.807) is 0 Å². The van der Waals surface area contributed by atoms with Crippen molar-refractivity contribution in [1.82, 2.24) is 4.90 Å². The summed E-state index contributed by atoms with van der Waals surface area (Å²) in [5.74, 6) is 0.0650. The number of hydrogen-bond donors (Lipinski definition) is 1. The Balaban J connectivity index is 1.53. The molecule has 1 N–H and O–H groups in total. The lowest BCUT2D eigenvalue weighted by atomic mass is 10.1. The molecule has 0 bridgehead atoms. The van der Waals surface area contributed by atoms with Crippen LogP contribution in [0.2, 0.25) is 0 Å². The van der Waals surface area contributed by atoms with Gasteiger partial charge in [-0.15, -0.1) is 0 Å². The summed E-state index contributed by atoms with van der Waals surface area (Å²) in [5, 5.41) is 3.04. The van der Waals surface area contributed by atoms with Crippen molar-refractivity contribution >= 4 is 17.3 Å². The molecule has 0 atom stereocenters. The molecule has 0 saturated carbocycles. The molecule has 4 heteroatoms. The lowest BCUT2D eigenvalue weighted by Crippen LogP contribution is -2.48. The fourth-order valence-corrected chi connectivity index (χ4v) is 3.68. The molecule has 0 unspecified atom stereocenters. The molecule has 1 aliphatic heterocycles. The van der Waals surface area contributed by atoms with E-state index in [1.807, 2.05) is 12.1 Å². The Morgan fingerprint density at radius 3 is 2.27 bits per heavy atom. The van der Waals surface area contributed by atoms with E-state index in [9.17, 15) is 4.79 Å². The largest absolute Gasteiger partial charge is 0.369 e. The second-order valence-electron chi connectivity index (χ2n) is 7.41. The summed E-state index contributed by atoms with van der Waals surface area (Å²) >= 11 is 0. The van der Waals surface area contributed by atoms with Crippen LogP contribution >= 0.6 is 0 Å². The first kappa shape index (κ1) is 18.5. The van der Waals surface area contributed by atoms with E-state index in [4.69, 9.17) is 0 Å². The molecule has 1 heterocycles. The predicted octanol–water partition coefficient (Wildman–Crippen LogP) is 3.68. The van der Waals surface area contributed by atoms with E-state index in [-0.39, 0.29) is 5.91 Å². The first-order chi connectivity index (χ1) is 12.4. The van der Waals surface area contributed by atoms with E-state index < -0.39 is 0 Å². The lowest BCUT2D eigenvalue weighted by molar-refractivity contribution is -0.117. The number of anilines is 2. The third kappa shape index (κ3) is 4.44. The topological polar surface area (TPSA) is 35.6 Å². The quantitative estimate of drug-likeness (QED) is 0.913. The average molecular weight is 351 g/mol. The minimum absolute atomic E-state index is 0.0650. The van der Waals surface area contributed by atoms with Gasteiger partial charge in [0, 0.05) is 37.6 Å². The molecular formula is C22H29N3O. The van der Waals surface area contributed by atoms with Gasteiger partial charge in [0.05, 0.1) is 6.54 Å². The number of carbonyl (C=O) groups is 1. The molecule has 1 amide bonds. The van der Waals surface area contributed by atoms with Crippen molar-refractivity contribution in [2.45, 2.75) is 27.7 Å². The maximum absolute atomic E-state index is 12.4. The van der Waals surface area contributed by atoms with Gasteiger partial charge in [0.2, 0.25) is 5.91 Å². The highest BCUT2D eigenvalue weighted by Gasteiger charge is 2.20. The molecule has 4 nitrogen and oxygen atoms in total. The van der Waals surface area contributed by atoms with E-state index in [0.29, 0.717) is 6.54 Å². The van der Waals surface area contributed by atoms with Gasteiger partial charge in [-0.1, -0.05) is 18.2 Å². The number of amides is 1. The van der Waals surface area contributed by atoms with Gasteiger partial charge in [0.15, 0.2) is 0 Å². The van der Waals surface area contributed by atoms with Gasteiger partial charge in [-0.3, -0.25) is 9.69 Å². The van der Waals surface area contributed by atoms with Crippen LogP contribution in [0.1, 0.15) is 22.3 Å². The molecule has 0 aromatic heterocycles. The van der Waals surface area contributed by atoms with Crippen LogP contribution in [0, 0.1) is 27.7 Å². The fraction of sp³-hybridized carbons (Fsp3) is 0.409. The van der Waals surface area contributed by atoms with E-state index in [1.165, 1.54) is 27.9 Å². The third-order valence-corrected chi connectivity index (χ3v) is 5.16. The minimum atomic E-state index is 0.0650. The molecule has 0 aliphatic carbocycles. The van der Waals surface area contributed by atoms with Gasteiger partial charge in [0.25, 0.3) is 0 Å². The standard InChI is InChI=1S/C22H29N3O/c1-16-12-17(2)14-20(13-16)23-22(26)15-24-8-10-25(11-9-24)21-7-5-6-18(3)19(21)4/h5-7,12-14H,8-11,15H2,1-4H3,(H,23,26). The van der Waals surface area contributed by atoms with Crippen LogP contribution in [-0.2, 0) is 4.79 Å². The number of carbonyl (C=O) groups excluding carboxylic acids is 1. The van der Waals surface area contributed by atoms with Crippen molar-refractivity contribution in [3.8, 4) is 0 Å². The highest BCUT2D eigenvalue weighted by molar-refractivity contribution is 5.92. The summed E-state index contributed by atoms with van der Waals surface area (Å²) in [6.07, 6.45) is 0. The number of nitrogens with one attached hydrogen (secondary N) is 1. The first-order valence-corrected chi connectivity index (χ1v) is 9.34. The number of rotatable bonds is 4. The normalized spacial score (nSPS) is 15.2. The molecule has 2 aromatic carbocycles. The van der Waals surface area contributed by atoms with Crippen LogP contribution in [0.5, 0.6) is 0 Å². The van der Waals surface area contributed by atoms with Gasteiger partial charge in [-0.25, -0.2) is 0 Å². The van der Waals surface area contributed by atoms with Crippen LogP contribution in [0.15, 0.2) is 36.4 Å². The average Bonchev–Trinajstić information content (AvgIpc) is 2.57. The molecule has 1 fully saturated rings. The van der Waals surface area contributed by atoms with Crippen molar-refractivity contribution < 1.29 is 4.79 Å². The number of piperazine rings is 1. The number of aryl methyl sites for hydroxylation is 3. The molecule has 1 saturated heterocycles. The molecule has 0 spiro atoms. The van der Waals surface area contributed by atoms with Gasteiger partial charge >= 0.3 is 0 Å². The summed E-state index contributed by atoms with van der Waals surface area (Å²) in [4.78, 5) is 17.1. The molecular weight excluding hydrogens is 322 g/mol. The van der Waals surface area contributed by atoms with Crippen LogP contribution in [-0.4, -0.2) is 43.5 Å². The van der Waals surface area contributed by atoms with Crippen molar-refractivity contribution in [1.29, 1.82) is 0 Å². The maximum atomic E-state index is 12.4. The van der Waals surface area contributed by atoms with E-state index in [2.05, 4.69) is 67.1 Å². The summed E-state index contributed by atoms with van der Waals surface area (Å²) in [5.41, 5.74) is 7.24. The van der Waals surface area contributed by atoms with E-state index >= 15 is 0 Å². The minimum Gasteiger partial charge on any atom is -0.369 e. The summed E-state index contributed by atoms with van der Waals surface area (Å²) in [7, 11) is 0. The monoisotopic (exact) mass is 351 g/mol. The van der Waals surface area contributed by atoms with Gasteiger partial charge in [0.1, 0.15) is 0 Å². The number of nitrogens with zero attached hydrogens (tertiary/aromatic N) is 2. The third-order valence-electron chi connectivity index (χ3n) is 5.16. The molecule has 0 radical (unpaired) electrons. The molecule has 1 aliphatic rings. The Kier molecular flexibility index (Phi) is 5.62. The molecule has 2 aromatic rings. The number of benzene rings is 2. The zero-order valence-electron chi connectivity index (χ0n) is 16.3. The van der Waals surface area contributed by atoms with Crippen LogP contribution in [0.3, 0.4) is 0 Å². The molecule has 138 valence electrons. The van der Waals surface area contributed by atoms with Crippen molar-refractivity contribution in [2.75, 3.05) is 42.9 Å². The Hall–Kier alpha value is -2.33. The van der Waals surface area contributed by atoms with Crippen LogP contribution in [0.4, 0.5) is 11.4 Å². The molecule has 3 rings (SSSR count). The van der Waals surface area contributed by atoms with Crippen molar-refractivity contribution in [3.05, 3.63) is 58.7 Å².